The van der Waals surface area contributed by atoms with Gasteiger partial charge in [0.25, 0.3) is 0 Å². The van der Waals surface area contributed by atoms with Crippen molar-refractivity contribution in [1.82, 2.24) is 4.90 Å². The molecule has 2 aromatic carbocycles. The molecule has 0 aliphatic carbocycles. The molecule has 5 rings (SSSR count). The maximum Gasteiger partial charge on any atom is 0.226 e. The van der Waals surface area contributed by atoms with Crippen molar-refractivity contribution < 1.29 is 14.3 Å². The van der Waals surface area contributed by atoms with Crippen LogP contribution in [0.25, 0.3) is 6.08 Å². The zero-order valence-corrected chi connectivity index (χ0v) is 14.1. The van der Waals surface area contributed by atoms with E-state index in [2.05, 4.69) is 18.2 Å². The number of rotatable bonds is 1. The summed E-state index contributed by atoms with van der Waals surface area (Å²) in [5.74, 6) is 2.70. The van der Waals surface area contributed by atoms with Crippen LogP contribution in [0.2, 0.25) is 0 Å². The molecule has 126 valence electrons. The average molecular weight is 333 g/mol. The highest BCUT2D eigenvalue weighted by Gasteiger charge is 2.37. The fourth-order valence-electron chi connectivity index (χ4n) is 4.24. The fourth-order valence-corrected chi connectivity index (χ4v) is 4.24. The summed E-state index contributed by atoms with van der Waals surface area (Å²) >= 11 is 0. The number of hydrogen-bond donors (Lipinski definition) is 0. The largest absolute Gasteiger partial charge is 0.493 e. The lowest BCUT2D eigenvalue weighted by Crippen LogP contribution is -2.36. The zero-order valence-electron chi connectivity index (χ0n) is 14.1. The number of hydrogen-bond acceptors (Lipinski definition) is 3. The van der Waals surface area contributed by atoms with Crippen LogP contribution < -0.4 is 9.47 Å². The van der Waals surface area contributed by atoms with Crippen molar-refractivity contribution in [3.63, 3.8) is 0 Å². The third kappa shape index (κ3) is 2.10. The van der Waals surface area contributed by atoms with Gasteiger partial charge >= 0.3 is 0 Å². The maximum absolute atomic E-state index is 12.6. The highest BCUT2D eigenvalue weighted by Crippen LogP contribution is 2.52. The molecule has 1 fully saturated rings. The SMILES string of the molecule is COc1ccc2c3c1Oc1ccccc1C3CN1C(=O)CCCC1=C2. The molecule has 25 heavy (non-hydrogen) atoms. The van der Waals surface area contributed by atoms with E-state index in [9.17, 15) is 4.79 Å². The second-order valence-electron chi connectivity index (χ2n) is 6.79. The molecule has 0 aromatic heterocycles. The van der Waals surface area contributed by atoms with Crippen molar-refractivity contribution in [1.29, 1.82) is 0 Å². The Morgan fingerprint density at radius 3 is 2.92 bits per heavy atom. The first-order valence-electron chi connectivity index (χ1n) is 8.75. The van der Waals surface area contributed by atoms with Gasteiger partial charge in [0, 0.05) is 35.7 Å². The minimum Gasteiger partial charge on any atom is -0.493 e. The zero-order chi connectivity index (χ0) is 17.0. The first-order chi connectivity index (χ1) is 12.3. The van der Waals surface area contributed by atoms with Crippen LogP contribution in [0.3, 0.4) is 0 Å². The van der Waals surface area contributed by atoms with Crippen LogP contribution in [0, 0.1) is 0 Å². The summed E-state index contributed by atoms with van der Waals surface area (Å²) in [4.78, 5) is 14.5. The molecule has 4 heteroatoms. The third-order valence-corrected chi connectivity index (χ3v) is 5.43. The van der Waals surface area contributed by atoms with Gasteiger partial charge in [-0.1, -0.05) is 24.3 Å². The first-order valence-corrected chi connectivity index (χ1v) is 8.75. The highest BCUT2D eigenvalue weighted by molar-refractivity contribution is 5.82. The smallest absolute Gasteiger partial charge is 0.226 e. The van der Waals surface area contributed by atoms with Crippen LogP contribution in [0.5, 0.6) is 17.2 Å². The lowest BCUT2D eigenvalue weighted by Gasteiger charge is -2.34. The normalized spacial score (nSPS) is 20.5. The summed E-state index contributed by atoms with van der Waals surface area (Å²) < 4.78 is 11.8. The van der Waals surface area contributed by atoms with Crippen molar-refractivity contribution in [2.75, 3.05) is 13.7 Å². The summed E-state index contributed by atoms with van der Waals surface area (Å²) in [5, 5.41) is 0. The Hall–Kier alpha value is -2.75. The monoisotopic (exact) mass is 333 g/mol. The standard InChI is InChI=1S/C21H19NO3/c1-24-18-10-9-13-11-14-5-4-8-19(23)22(14)12-16-15-6-2-3-7-17(15)25-21(18)20(13)16/h2-3,6-7,9-11,16H,4-5,8,12H2,1H3. The molecule has 3 aliphatic rings. The molecule has 2 aromatic rings. The lowest BCUT2D eigenvalue weighted by atomic mass is 9.85. The van der Waals surface area contributed by atoms with E-state index in [0.717, 1.165) is 52.5 Å². The molecule has 0 N–H and O–H groups in total. The molecule has 0 radical (unpaired) electrons. The Bertz CT molecular complexity index is 915. The Labute approximate surface area is 146 Å². The summed E-state index contributed by atoms with van der Waals surface area (Å²) in [5.41, 5.74) is 4.52. The quantitative estimate of drug-likeness (QED) is 0.781. The Morgan fingerprint density at radius 2 is 2.04 bits per heavy atom. The van der Waals surface area contributed by atoms with Gasteiger partial charge in [-0.3, -0.25) is 4.79 Å². The number of nitrogens with zero attached hydrogens (tertiary/aromatic N) is 1. The van der Waals surface area contributed by atoms with Gasteiger partial charge in [-0.2, -0.15) is 0 Å². The van der Waals surface area contributed by atoms with E-state index in [4.69, 9.17) is 9.47 Å². The summed E-state index contributed by atoms with van der Waals surface area (Å²) in [6, 6.07) is 12.1. The van der Waals surface area contributed by atoms with Gasteiger partial charge in [0.2, 0.25) is 5.91 Å². The fraction of sp³-hybridized carbons (Fsp3) is 0.286. The van der Waals surface area contributed by atoms with Crippen LogP contribution in [0.4, 0.5) is 0 Å². The molecule has 0 bridgehead atoms. The number of benzene rings is 2. The second kappa shape index (κ2) is 5.38. The predicted molar refractivity (Wildman–Crippen MR) is 94.9 cm³/mol. The topological polar surface area (TPSA) is 38.8 Å². The molecule has 1 unspecified atom stereocenters. The highest BCUT2D eigenvalue weighted by atomic mass is 16.5. The molecule has 1 atom stereocenters. The van der Waals surface area contributed by atoms with E-state index >= 15 is 0 Å². The van der Waals surface area contributed by atoms with Gasteiger partial charge in [0.15, 0.2) is 11.5 Å². The van der Waals surface area contributed by atoms with Gasteiger partial charge < -0.3 is 14.4 Å². The first kappa shape index (κ1) is 14.6. The second-order valence-corrected chi connectivity index (χ2v) is 6.79. The Kier molecular flexibility index (Phi) is 3.14. The molecular weight excluding hydrogens is 314 g/mol. The molecule has 4 nitrogen and oxygen atoms in total. The van der Waals surface area contributed by atoms with Gasteiger partial charge in [-0.05, 0) is 36.6 Å². The minimum atomic E-state index is 0.0980. The number of methoxy groups -OCH3 is 1. The number of amides is 1. The molecule has 1 amide bonds. The van der Waals surface area contributed by atoms with E-state index in [1.807, 2.05) is 29.2 Å². The lowest BCUT2D eigenvalue weighted by molar-refractivity contribution is -0.130. The molecule has 0 spiro atoms. The molecule has 3 heterocycles. The molecule has 3 aliphatic heterocycles. The van der Waals surface area contributed by atoms with E-state index in [1.54, 1.807) is 7.11 Å². The average Bonchev–Trinajstić information content (AvgIpc) is 2.81. The van der Waals surface area contributed by atoms with Crippen molar-refractivity contribution in [2.45, 2.75) is 25.2 Å². The number of carbonyl (C=O) groups excluding carboxylic acids is 1. The summed E-state index contributed by atoms with van der Waals surface area (Å²) in [7, 11) is 1.67. The van der Waals surface area contributed by atoms with Crippen molar-refractivity contribution >= 4 is 12.0 Å². The van der Waals surface area contributed by atoms with Crippen LogP contribution in [-0.4, -0.2) is 24.5 Å². The van der Waals surface area contributed by atoms with E-state index in [0.29, 0.717) is 13.0 Å². The van der Waals surface area contributed by atoms with E-state index < -0.39 is 0 Å². The van der Waals surface area contributed by atoms with Gasteiger partial charge in [-0.15, -0.1) is 0 Å². The van der Waals surface area contributed by atoms with Crippen molar-refractivity contribution in [3.05, 3.63) is 58.8 Å². The van der Waals surface area contributed by atoms with E-state index in [1.165, 1.54) is 0 Å². The Morgan fingerprint density at radius 1 is 1.16 bits per heavy atom. The molecule has 0 saturated carbocycles. The molecular formula is C21H19NO3. The van der Waals surface area contributed by atoms with Gasteiger partial charge in [0.1, 0.15) is 5.75 Å². The number of fused-ring (bicyclic) bond motifs is 3. The van der Waals surface area contributed by atoms with Crippen LogP contribution in [0.1, 0.15) is 41.9 Å². The predicted octanol–water partition coefficient (Wildman–Crippen LogP) is 4.30. The van der Waals surface area contributed by atoms with Crippen molar-refractivity contribution in [3.8, 4) is 17.2 Å². The van der Waals surface area contributed by atoms with Crippen LogP contribution in [-0.2, 0) is 4.79 Å². The Balaban J connectivity index is 1.76. The van der Waals surface area contributed by atoms with Gasteiger partial charge in [-0.25, -0.2) is 0 Å². The number of para-hydroxylation sites is 1. The molecule has 1 saturated heterocycles. The van der Waals surface area contributed by atoms with Gasteiger partial charge in [0.05, 0.1) is 7.11 Å². The maximum atomic E-state index is 12.6. The van der Waals surface area contributed by atoms with Crippen LogP contribution in [0.15, 0.2) is 42.1 Å². The number of piperidine rings is 1. The van der Waals surface area contributed by atoms with Crippen molar-refractivity contribution in [2.24, 2.45) is 0 Å². The third-order valence-electron chi connectivity index (χ3n) is 5.43. The minimum absolute atomic E-state index is 0.0980. The summed E-state index contributed by atoms with van der Waals surface area (Å²) in [6.45, 7) is 0.665. The number of ether oxygens (including phenoxy) is 2. The number of allylic oxidation sites excluding steroid dienone is 1. The summed E-state index contributed by atoms with van der Waals surface area (Å²) in [6.07, 6.45) is 4.67. The van der Waals surface area contributed by atoms with Crippen LogP contribution >= 0.6 is 0 Å². The van der Waals surface area contributed by atoms with E-state index in [-0.39, 0.29) is 11.8 Å². The number of carbonyl (C=O) groups is 1.